The topological polar surface area (TPSA) is 6.48 Å². The number of nitrogens with zero attached hydrogens (tertiary/aromatic N) is 2. The first-order valence-electron chi connectivity index (χ1n) is 24.1. The minimum absolute atomic E-state index is 0.0692. The number of hydrogen-bond donors (Lipinski definition) is 0. The van der Waals surface area contributed by atoms with Crippen LogP contribution in [0.3, 0.4) is 0 Å². The quantitative estimate of drug-likeness (QED) is 0.164. The molecule has 0 radical (unpaired) electrons. The molecule has 0 spiro atoms. The third-order valence-electron chi connectivity index (χ3n) is 17.1. The molecule has 1 saturated carbocycles. The van der Waals surface area contributed by atoms with E-state index in [1.807, 2.05) is 0 Å². The average molecular weight is 841 g/mol. The maximum Gasteiger partial charge on any atom is 0.333 e. The van der Waals surface area contributed by atoms with Crippen LogP contribution in [-0.2, 0) is 10.8 Å². The third kappa shape index (κ3) is 5.24. The molecule has 0 aromatic heterocycles. The van der Waals surface area contributed by atoms with Crippen LogP contribution in [0.15, 0.2) is 175 Å². The van der Waals surface area contributed by atoms with E-state index in [9.17, 15) is 0 Å². The molecule has 318 valence electrons. The molecular weight excluding hydrogens is 784 g/mol. The second-order valence-corrected chi connectivity index (χ2v) is 22.3. The van der Waals surface area contributed by atoms with Gasteiger partial charge in [-0.3, -0.25) is 0 Å². The monoisotopic (exact) mass is 840 g/mol. The van der Waals surface area contributed by atoms with Crippen LogP contribution in [0.4, 0.5) is 22.7 Å². The van der Waals surface area contributed by atoms with E-state index in [-0.39, 0.29) is 40.5 Å². The van der Waals surface area contributed by atoms with E-state index in [1.54, 1.807) is 11.1 Å². The van der Waals surface area contributed by atoms with Gasteiger partial charge in [0.05, 0.1) is 6.04 Å². The molecule has 65 heavy (non-hydrogen) atoms. The smallest absolute Gasteiger partial charge is 0.333 e. The average Bonchev–Trinajstić information content (AvgIpc) is 3.55. The highest BCUT2D eigenvalue weighted by atomic mass is 15.2. The number of anilines is 4. The van der Waals surface area contributed by atoms with E-state index in [0.717, 1.165) is 0 Å². The Morgan fingerprint density at radius 1 is 0.492 bits per heavy atom. The highest BCUT2D eigenvalue weighted by Crippen LogP contribution is 2.63. The maximum atomic E-state index is 2.92. The van der Waals surface area contributed by atoms with Gasteiger partial charge in [0, 0.05) is 45.1 Å². The van der Waals surface area contributed by atoms with Gasteiger partial charge in [0.1, 0.15) is 0 Å². The van der Waals surface area contributed by atoms with Gasteiger partial charge in [-0.05, 0) is 132 Å². The number of benzene rings is 7. The van der Waals surface area contributed by atoms with Gasteiger partial charge < -0.3 is 9.71 Å². The number of allylic oxidation sites excluding steroid dienone is 2. The Kier molecular flexibility index (Phi) is 7.91. The van der Waals surface area contributed by atoms with Gasteiger partial charge in [-0.15, -0.1) is 0 Å². The molecule has 2 nitrogen and oxygen atoms in total. The van der Waals surface area contributed by atoms with Gasteiger partial charge in [-0.25, -0.2) is 0 Å². The number of rotatable bonds is 3. The normalized spacial score (nSPS) is 21.4. The summed E-state index contributed by atoms with van der Waals surface area (Å²) in [6, 6.07) is 57.9. The van der Waals surface area contributed by atoms with Gasteiger partial charge in [0.25, 0.3) is 0 Å². The standard InChI is InChI=1S/C62H57BN2/c1-59(2)30-31-60(3,4)50-37-54-51(36-49(50)59)61(5,6)48-27-19-28-52-57(48)64(54)58-55-45(43-24-15-17-26-47(43)62(55,7)8)35-46-44-25-16-18-29-53(44)65(63(52)56(46)58)42-33-40(38-20-11-9-12-21-38)32-41(34-42)39-22-13-10-14-23-39/h9-29,32-37,51,54H,30-31H2,1-8H3. The number of para-hydroxylation sites is 2. The lowest BCUT2D eigenvalue weighted by atomic mass is 9.41. The van der Waals surface area contributed by atoms with E-state index in [1.165, 1.54) is 108 Å². The Labute approximate surface area is 386 Å². The van der Waals surface area contributed by atoms with Crippen LogP contribution in [-0.4, -0.2) is 12.9 Å². The zero-order chi connectivity index (χ0) is 44.4. The van der Waals surface area contributed by atoms with Crippen molar-refractivity contribution in [1.82, 2.24) is 0 Å². The van der Waals surface area contributed by atoms with E-state index < -0.39 is 0 Å². The molecule has 13 rings (SSSR count). The SMILES string of the molecule is CC1(C)CCC(C)(C)C2=CC3C(C=C21)N1c2c(cccc2C3(C)C)B2c3c(cc4c(c31)C(C)(C)c1ccccc1-4)-c1ccccc1N2c1cc(-c2ccccc2)cc(-c2ccccc2)c1. The van der Waals surface area contributed by atoms with Crippen molar-refractivity contribution in [3.8, 4) is 44.5 Å². The fraction of sp³-hybridized carbons (Fsp3) is 0.258. The summed E-state index contributed by atoms with van der Waals surface area (Å²) in [7, 11) is 0. The second kappa shape index (κ2) is 13.2. The predicted octanol–water partition coefficient (Wildman–Crippen LogP) is 14.7. The zero-order valence-corrected chi connectivity index (χ0v) is 39.1. The van der Waals surface area contributed by atoms with Crippen molar-refractivity contribution in [2.75, 3.05) is 9.71 Å². The molecule has 0 saturated heterocycles. The molecule has 7 aromatic rings. The van der Waals surface area contributed by atoms with Gasteiger partial charge >= 0.3 is 6.85 Å². The molecular formula is C62H57BN2. The number of hydrogen-bond acceptors (Lipinski definition) is 2. The minimum atomic E-state index is -0.222. The van der Waals surface area contributed by atoms with Crippen molar-refractivity contribution in [3.63, 3.8) is 0 Å². The summed E-state index contributed by atoms with van der Waals surface area (Å²) in [5.41, 5.74) is 25.8. The van der Waals surface area contributed by atoms with Crippen LogP contribution in [0.5, 0.6) is 0 Å². The Morgan fingerprint density at radius 2 is 1.08 bits per heavy atom. The molecule has 3 aliphatic carbocycles. The summed E-state index contributed by atoms with van der Waals surface area (Å²) in [6.45, 7) is 20.0. The first kappa shape index (κ1) is 39.1. The van der Waals surface area contributed by atoms with Crippen LogP contribution < -0.4 is 20.6 Å². The maximum absolute atomic E-state index is 2.92. The first-order valence-corrected chi connectivity index (χ1v) is 24.1. The van der Waals surface area contributed by atoms with Crippen LogP contribution in [0.25, 0.3) is 44.5 Å². The first-order chi connectivity index (χ1) is 31.3. The fourth-order valence-electron chi connectivity index (χ4n) is 13.6. The molecule has 3 heteroatoms. The zero-order valence-electron chi connectivity index (χ0n) is 39.1. The van der Waals surface area contributed by atoms with Crippen molar-refractivity contribution in [1.29, 1.82) is 0 Å². The minimum Gasteiger partial charge on any atom is -0.376 e. The van der Waals surface area contributed by atoms with E-state index in [0.29, 0.717) is 0 Å². The molecule has 0 amide bonds. The summed E-state index contributed by atoms with van der Waals surface area (Å²) in [4.78, 5) is 5.65. The lowest BCUT2D eigenvalue weighted by Crippen LogP contribution is -2.66. The van der Waals surface area contributed by atoms with Gasteiger partial charge in [0.2, 0.25) is 0 Å². The van der Waals surface area contributed by atoms with Crippen LogP contribution >= 0.6 is 0 Å². The van der Waals surface area contributed by atoms with Crippen molar-refractivity contribution >= 4 is 40.5 Å². The molecule has 7 aromatic carbocycles. The van der Waals surface area contributed by atoms with Crippen molar-refractivity contribution in [2.24, 2.45) is 16.7 Å². The molecule has 1 fully saturated rings. The summed E-state index contributed by atoms with van der Waals surface area (Å²) < 4.78 is 0. The van der Waals surface area contributed by atoms with E-state index >= 15 is 0 Å². The summed E-state index contributed by atoms with van der Waals surface area (Å²) in [6.07, 6.45) is 7.98. The molecule has 2 atom stereocenters. The largest absolute Gasteiger partial charge is 0.376 e. The number of fused-ring (bicyclic) bond motifs is 11. The molecule has 3 aliphatic heterocycles. The van der Waals surface area contributed by atoms with Crippen LogP contribution in [0.1, 0.15) is 84.9 Å². The highest BCUT2D eigenvalue weighted by molar-refractivity contribution is 6.93. The summed E-state index contributed by atoms with van der Waals surface area (Å²) in [5, 5.41) is 0. The highest BCUT2D eigenvalue weighted by Gasteiger charge is 2.57. The van der Waals surface area contributed by atoms with E-state index in [4.69, 9.17) is 0 Å². The van der Waals surface area contributed by atoms with Crippen molar-refractivity contribution < 1.29 is 0 Å². The summed E-state index contributed by atoms with van der Waals surface area (Å²) in [5.74, 6) is 0.287. The molecule has 0 bridgehead atoms. The summed E-state index contributed by atoms with van der Waals surface area (Å²) >= 11 is 0. The lowest BCUT2D eigenvalue weighted by Gasteiger charge is -2.58. The van der Waals surface area contributed by atoms with Gasteiger partial charge in [0.15, 0.2) is 0 Å². The Morgan fingerprint density at radius 3 is 1.75 bits per heavy atom. The Hall–Kier alpha value is -6.32. The Bertz CT molecular complexity index is 3180. The van der Waals surface area contributed by atoms with Crippen LogP contribution in [0, 0.1) is 16.7 Å². The van der Waals surface area contributed by atoms with E-state index in [2.05, 4.69) is 229 Å². The van der Waals surface area contributed by atoms with Crippen molar-refractivity contribution in [3.05, 3.63) is 192 Å². The van der Waals surface area contributed by atoms with Crippen LogP contribution in [0.2, 0.25) is 0 Å². The van der Waals surface area contributed by atoms with Gasteiger partial charge in [-0.1, -0.05) is 189 Å². The predicted molar refractivity (Wildman–Crippen MR) is 276 cm³/mol. The molecule has 6 aliphatic rings. The molecule has 0 N–H and O–H groups in total. The lowest BCUT2D eigenvalue weighted by molar-refractivity contribution is 0.241. The third-order valence-corrected chi connectivity index (χ3v) is 17.1. The Balaban J connectivity index is 1.16. The fourth-order valence-corrected chi connectivity index (χ4v) is 13.6. The second-order valence-electron chi connectivity index (χ2n) is 22.3. The van der Waals surface area contributed by atoms with Gasteiger partial charge in [-0.2, -0.15) is 0 Å². The van der Waals surface area contributed by atoms with Crippen molar-refractivity contribution in [2.45, 2.75) is 85.1 Å². The molecule has 2 unspecified atom stereocenters. The molecule has 3 heterocycles.